The van der Waals surface area contributed by atoms with Crippen molar-refractivity contribution in [3.8, 4) is 0 Å². The van der Waals surface area contributed by atoms with E-state index in [1.54, 1.807) is 10.7 Å². The molecule has 3 aromatic rings. The lowest BCUT2D eigenvalue weighted by atomic mass is 9.82. The highest BCUT2D eigenvalue weighted by Gasteiger charge is 2.30. The number of carbonyl (C=O) groups is 2. The molecule has 0 fully saturated rings. The van der Waals surface area contributed by atoms with Crippen molar-refractivity contribution in [3.63, 3.8) is 0 Å². The van der Waals surface area contributed by atoms with E-state index in [9.17, 15) is 9.59 Å². The minimum Gasteiger partial charge on any atom is -0.465 e. The lowest BCUT2D eigenvalue weighted by Crippen LogP contribution is -2.22. The summed E-state index contributed by atoms with van der Waals surface area (Å²) in [6.07, 6.45) is 4.11. The van der Waals surface area contributed by atoms with Crippen molar-refractivity contribution in [1.82, 2.24) is 14.6 Å². The first-order valence-corrected chi connectivity index (χ1v) is 8.12. The highest BCUT2D eigenvalue weighted by molar-refractivity contribution is 6.00. The molecule has 0 N–H and O–H groups in total. The maximum absolute atomic E-state index is 12.6. The van der Waals surface area contributed by atoms with Crippen LogP contribution in [0.5, 0.6) is 0 Å². The minimum atomic E-state index is -0.486. The summed E-state index contributed by atoms with van der Waals surface area (Å²) >= 11 is 0. The first-order valence-electron chi connectivity index (χ1n) is 8.12. The van der Waals surface area contributed by atoms with Crippen LogP contribution < -0.4 is 0 Å². The summed E-state index contributed by atoms with van der Waals surface area (Å²) < 4.78 is 6.37. The molecule has 25 heavy (non-hydrogen) atoms. The van der Waals surface area contributed by atoms with Gasteiger partial charge in [-0.2, -0.15) is 5.10 Å². The predicted octanol–water partition coefficient (Wildman–Crippen LogP) is 2.74. The number of rotatable bonds is 2. The number of hydrogen-bond acceptors (Lipinski definition) is 5. The van der Waals surface area contributed by atoms with Crippen molar-refractivity contribution in [3.05, 3.63) is 64.6 Å². The molecule has 0 radical (unpaired) electrons. The third kappa shape index (κ3) is 2.50. The van der Waals surface area contributed by atoms with Crippen LogP contribution in [0.3, 0.4) is 0 Å². The van der Waals surface area contributed by atoms with E-state index in [4.69, 9.17) is 4.74 Å². The van der Waals surface area contributed by atoms with Crippen molar-refractivity contribution in [2.45, 2.75) is 25.7 Å². The second kappa shape index (κ2) is 5.81. The number of fused-ring (bicyclic) bond motifs is 3. The van der Waals surface area contributed by atoms with Crippen LogP contribution in [-0.2, 0) is 11.2 Å². The molecule has 0 aliphatic heterocycles. The van der Waals surface area contributed by atoms with E-state index in [-0.39, 0.29) is 11.7 Å². The molecule has 0 amide bonds. The number of methoxy groups -OCH3 is 1. The molecular weight excluding hydrogens is 318 g/mol. The molecule has 0 bridgehead atoms. The maximum Gasteiger partial charge on any atom is 0.343 e. The van der Waals surface area contributed by atoms with Crippen molar-refractivity contribution in [2.75, 3.05) is 7.11 Å². The van der Waals surface area contributed by atoms with Gasteiger partial charge in [-0.15, -0.1) is 0 Å². The summed E-state index contributed by atoms with van der Waals surface area (Å²) in [5.74, 6) is -0.339. The number of nitrogens with zero attached hydrogens (tertiary/aromatic N) is 3. The molecule has 0 saturated carbocycles. The average molecular weight is 335 g/mol. The van der Waals surface area contributed by atoms with Crippen LogP contribution in [0.1, 0.15) is 49.9 Å². The summed E-state index contributed by atoms with van der Waals surface area (Å²) in [6, 6.07) is 8.22. The Morgan fingerprint density at radius 1 is 1.28 bits per heavy atom. The number of ketones is 1. The van der Waals surface area contributed by atoms with E-state index >= 15 is 0 Å². The third-order valence-corrected chi connectivity index (χ3v) is 4.72. The van der Waals surface area contributed by atoms with Gasteiger partial charge in [0.1, 0.15) is 5.56 Å². The van der Waals surface area contributed by atoms with Gasteiger partial charge in [0.15, 0.2) is 11.4 Å². The Morgan fingerprint density at radius 3 is 2.88 bits per heavy atom. The molecule has 2 aromatic heterocycles. The molecule has 6 nitrogen and oxygen atoms in total. The largest absolute Gasteiger partial charge is 0.465 e. The summed E-state index contributed by atoms with van der Waals surface area (Å²) in [4.78, 5) is 28.7. The highest BCUT2D eigenvalue weighted by Crippen LogP contribution is 2.33. The standard InChI is InChI=1S/C19H17N3O3/c1-11-4-3-5-12(6-11)13-7-16-14(17(23)8-13)9-20-18-15(19(24)25-2)10-21-22(16)18/h3-6,9-10,13H,7-8H2,1-2H3. The van der Waals surface area contributed by atoms with Gasteiger partial charge >= 0.3 is 5.97 Å². The number of benzene rings is 1. The van der Waals surface area contributed by atoms with Crippen LogP contribution >= 0.6 is 0 Å². The fraction of sp³-hybridized carbons (Fsp3) is 0.263. The second-order valence-electron chi connectivity index (χ2n) is 6.35. The van der Waals surface area contributed by atoms with E-state index in [1.807, 2.05) is 19.1 Å². The summed E-state index contributed by atoms with van der Waals surface area (Å²) in [5.41, 5.74) is 4.41. The zero-order chi connectivity index (χ0) is 17.6. The number of ether oxygens (including phenoxy) is 1. The SMILES string of the molecule is COC(=O)c1cnn2c3c(cnc12)C(=O)CC(c1cccc(C)c1)C3. The third-order valence-electron chi connectivity index (χ3n) is 4.72. The molecule has 4 rings (SSSR count). The van der Waals surface area contributed by atoms with Crippen molar-refractivity contribution in [2.24, 2.45) is 0 Å². The van der Waals surface area contributed by atoms with E-state index in [0.29, 0.717) is 29.6 Å². The number of Topliss-reactive ketones (excluding diaryl/α,β-unsaturated/α-hetero) is 1. The topological polar surface area (TPSA) is 73.6 Å². The van der Waals surface area contributed by atoms with Crippen LogP contribution in [0.15, 0.2) is 36.7 Å². The smallest absolute Gasteiger partial charge is 0.343 e. The normalized spacial score (nSPS) is 16.7. The highest BCUT2D eigenvalue weighted by atomic mass is 16.5. The van der Waals surface area contributed by atoms with E-state index in [0.717, 1.165) is 11.3 Å². The van der Waals surface area contributed by atoms with E-state index < -0.39 is 5.97 Å². The molecule has 2 heterocycles. The van der Waals surface area contributed by atoms with Crippen molar-refractivity contribution in [1.29, 1.82) is 0 Å². The number of hydrogen-bond donors (Lipinski definition) is 0. The van der Waals surface area contributed by atoms with Crippen LogP contribution in [-0.4, -0.2) is 33.5 Å². The monoisotopic (exact) mass is 335 g/mol. The predicted molar refractivity (Wildman–Crippen MR) is 90.9 cm³/mol. The molecule has 1 aliphatic carbocycles. The van der Waals surface area contributed by atoms with Gasteiger partial charge in [0.25, 0.3) is 0 Å². The quantitative estimate of drug-likeness (QED) is 0.673. The van der Waals surface area contributed by atoms with Crippen molar-refractivity contribution < 1.29 is 14.3 Å². The van der Waals surface area contributed by atoms with E-state index in [1.165, 1.54) is 18.9 Å². The number of esters is 1. The minimum absolute atomic E-state index is 0.0530. The summed E-state index contributed by atoms with van der Waals surface area (Å²) in [5, 5.41) is 4.28. The average Bonchev–Trinajstić information content (AvgIpc) is 3.05. The molecule has 126 valence electrons. The maximum atomic E-state index is 12.6. The van der Waals surface area contributed by atoms with Crippen LogP contribution in [0.25, 0.3) is 5.65 Å². The van der Waals surface area contributed by atoms with Gasteiger partial charge in [-0.3, -0.25) is 4.79 Å². The van der Waals surface area contributed by atoms with Gasteiger partial charge in [0.2, 0.25) is 0 Å². The molecule has 6 heteroatoms. The Balaban J connectivity index is 1.83. The molecular formula is C19H17N3O3. The van der Waals surface area contributed by atoms with Crippen molar-refractivity contribution >= 4 is 17.4 Å². The number of aromatic nitrogens is 3. The van der Waals surface area contributed by atoms with Crippen LogP contribution in [0.2, 0.25) is 0 Å². The molecule has 0 spiro atoms. The Morgan fingerprint density at radius 2 is 2.12 bits per heavy atom. The van der Waals surface area contributed by atoms with Gasteiger partial charge in [0.05, 0.1) is 24.6 Å². The molecule has 0 saturated heterocycles. The molecule has 1 atom stereocenters. The fourth-order valence-electron chi connectivity index (χ4n) is 3.46. The van der Waals surface area contributed by atoms with Gasteiger partial charge in [-0.1, -0.05) is 29.8 Å². The zero-order valence-electron chi connectivity index (χ0n) is 14.0. The van der Waals surface area contributed by atoms with Gasteiger partial charge in [-0.25, -0.2) is 14.3 Å². The number of aryl methyl sites for hydroxylation is 1. The Bertz CT molecular complexity index is 1010. The summed E-state index contributed by atoms with van der Waals surface area (Å²) in [6.45, 7) is 2.04. The molecule has 1 unspecified atom stereocenters. The molecule has 1 aromatic carbocycles. The fourth-order valence-corrected chi connectivity index (χ4v) is 3.46. The zero-order valence-corrected chi connectivity index (χ0v) is 14.0. The first kappa shape index (κ1) is 15.5. The molecule has 1 aliphatic rings. The Hall–Kier alpha value is -3.02. The summed E-state index contributed by atoms with van der Waals surface area (Å²) in [7, 11) is 1.32. The number of carbonyl (C=O) groups excluding carboxylic acids is 2. The lowest BCUT2D eigenvalue weighted by molar-refractivity contribution is 0.0602. The lowest BCUT2D eigenvalue weighted by Gasteiger charge is -2.24. The van der Waals surface area contributed by atoms with Gasteiger partial charge in [-0.05, 0) is 24.8 Å². The first-order chi connectivity index (χ1) is 12.1. The van der Waals surface area contributed by atoms with Crippen LogP contribution in [0, 0.1) is 6.92 Å². The van der Waals surface area contributed by atoms with Crippen LogP contribution in [0.4, 0.5) is 0 Å². The van der Waals surface area contributed by atoms with E-state index in [2.05, 4.69) is 22.2 Å². The Labute approximate surface area is 144 Å². The van der Waals surface area contributed by atoms with Gasteiger partial charge in [0, 0.05) is 12.6 Å². The second-order valence-corrected chi connectivity index (χ2v) is 6.35. The van der Waals surface area contributed by atoms with Gasteiger partial charge < -0.3 is 4.74 Å². The Kier molecular flexibility index (Phi) is 3.60.